The standard InChI is InChI=1S/C26H16ClNO5/c27-15-10-12-16(13-11-15)28-24(31)19-20(25(28)32)26(33-21(19)14-6-2-1-3-7-14)22(29)17-8-4-5-9-18(17)23(26)30/h1-13,19-21H/t19-,20-,21-/m0/s1. The van der Waals surface area contributed by atoms with E-state index in [2.05, 4.69) is 0 Å². The summed E-state index contributed by atoms with van der Waals surface area (Å²) in [7, 11) is 0. The zero-order valence-corrected chi connectivity index (χ0v) is 17.9. The van der Waals surface area contributed by atoms with E-state index in [0.29, 0.717) is 16.3 Å². The summed E-state index contributed by atoms with van der Waals surface area (Å²) >= 11 is 5.98. The minimum atomic E-state index is -2.07. The molecule has 33 heavy (non-hydrogen) atoms. The average Bonchev–Trinajstić information content (AvgIpc) is 3.41. The van der Waals surface area contributed by atoms with Crippen molar-refractivity contribution in [1.29, 1.82) is 0 Å². The Hall–Kier alpha value is -3.61. The Morgan fingerprint density at radius 3 is 1.91 bits per heavy atom. The van der Waals surface area contributed by atoms with Crippen LogP contribution in [0.2, 0.25) is 5.02 Å². The first kappa shape index (κ1) is 20.0. The first-order chi connectivity index (χ1) is 15.9. The maximum absolute atomic E-state index is 13.8. The van der Waals surface area contributed by atoms with Crippen molar-refractivity contribution < 1.29 is 23.9 Å². The zero-order chi connectivity index (χ0) is 22.9. The third-order valence-corrected chi connectivity index (χ3v) is 6.98. The molecule has 2 saturated heterocycles. The number of ketones is 2. The lowest BCUT2D eigenvalue weighted by molar-refractivity contribution is -0.127. The van der Waals surface area contributed by atoms with Gasteiger partial charge in [-0.3, -0.25) is 19.2 Å². The van der Waals surface area contributed by atoms with Gasteiger partial charge >= 0.3 is 0 Å². The van der Waals surface area contributed by atoms with Crippen LogP contribution in [0.25, 0.3) is 0 Å². The maximum atomic E-state index is 13.8. The molecular weight excluding hydrogens is 442 g/mol. The lowest BCUT2D eigenvalue weighted by Crippen LogP contribution is -2.51. The van der Waals surface area contributed by atoms with Crippen LogP contribution in [0, 0.1) is 11.8 Å². The summed E-state index contributed by atoms with van der Waals surface area (Å²) in [6.45, 7) is 0. The van der Waals surface area contributed by atoms with Crippen molar-refractivity contribution in [2.45, 2.75) is 11.7 Å². The number of imide groups is 1. The molecule has 3 aromatic rings. The van der Waals surface area contributed by atoms with Gasteiger partial charge in [0.2, 0.25) is 29.0 Å². The van der Waals surface area contributed by atoms with Crippen molar-refractivity contribution in [3.63, 3.8) is 0 Å². The van der Waals surface area contributed by atoms with Gasteiger partial charge in [0.15, 0.2) is 0 Å². The van der Waals surface area contributed by atoms with Crippen LogP contribution in [-0.2, 0) is 14.3 Å². The van der Waals surface area contributed by atoms with Crippen molar-refractivity contribution in [3.8, 4) is 0 Å². The largest absolute Gasteiger partial charge is 0.349 e. The molecule has 2 fully saturated rings. The molecule has 0 unspecified atom stereocenters. The Morgan fingerprint density at radius 2 is 1.30 bits per heavy atom. The number of nitrogens with zero attached hydrogens (tertiary/aromatic N) is 1. The molecule has 2 heterocycles. The molecule has 7 heteroatoms. The number of rotatable bonds is 2. The van der Waals surface area contributed by atoms with Crippen LogP contribution in [0.4, 0.5) is 5.69 Å². The molecule has 162 valence electrons. The van der Waals surface area contributed by atoms with E-state index >= 15 is 0 Å². The van der Waals surface area contributed by atoms with E-state index in [9.17, 15) is 19.2 Å². The number of amides is 2. The van der Waals surface area contributed by atoms with Crippen LogP contribution in [0.15, 0.2) is 78.9 Å². The first-order valence-electron chi connectivity index (χ1n) is 10.5. The topological polar surface area (TPSA) is 80.8 Å². The number of ether oxygens (including phenoxy) is 1. The van der Waals surface area contributed by atoms with Crippen molar-refractivity contribution >= 4 is 40.7 Å². The Morgan fingerprint density at radius 1 is 0.727 bits per heavy atom. The summed E-state index contributed by atoms with van der Waals surface area (Å²) in [6, 6.07) is 21.6. The molecule has 0 N–H and O–H groups in total. The fourth-order valence-corrected chi connectivity index (χ4v) is 5.43. The van der Waals surface area contributed by atoms with Crippen molar-refractivity contribution in [2.75, 3.05) is 4.90 Å². The molecule has 0 radical (unpaired) electrons. The van der Waals surface area contributed by atoms with Gasteiger partial charge in [0.25, 0.3) is 0 Å². The third kappa shape index (κ3) is 2.53. The van der Waals surface area contributed by atoms with Gasteiger partial charge in [0, 0.05) is 16.1 Å². The normalized spacial score (nSPS) is 25.1. The van der Waals surface area contributed by atoms with E-state index in [-0.39, 0.29) is 11.1 Å². The number of hydrogen-bond donors (Lipinski definition) is 0. The average molecular weight is 458 g/mol. The summed E-state index contributed by atoms with van der Waals surface area (Å²) in [4.78, 5) is 55.8. The van der Waals surface area contributed by atoms with E-state index in [0.717, 1.165) is 4.90 Å². The minimum absolute atomic E-state index is 0.208. The van der Waals surface area contributed by atoms with Gasteiger partial charge in [-0.1, -0.05) is 66.2 Å². The van der Waals surface area contributed by atoms with Gasteiger partial charge in [-0.2, -0.15) is 0 Å². The molecular formula is C26H16ClNO5. The quantitative estimate of drug-likeness (QED) is 0.428. The van der Waals surface area contributed by atoms with Crippen LogP contribution >= 0.6 is 11.6 Å². The Bertz CT molecular complexity index is 1320. The van der Waals surface area contributed by atoms with E-state index in [1.807, 2.05) is 6.07 Å². The monoisotopic (exact) mass is 457 g/mol. The van der Waals surface area contributed by atoms with E-state index < -0.39 is 46.9 Å². The van der Waals surface area contributed by atoms with Crippen LogP contribution in [0.1, 0.15) is 32.4 Å². The summed E-state index contributed by atoms with van der Waals surface area (Å²) in [5, 5.41) is 0.455. The van der Waals surface area contributed by atoms with Gasteiger partial charge in [-0.15, -0.1) is 0 Å². The second-order valence-electron chi connectivity index (χ2n) is 8.38. The lowest BCUT2D eigenvalue weighted by atomic mass is 9.77. The summed E-state index contributed by atoms with van der Waals surface area (Å²) in [5.41, 5.74) is -0.690. The van der Waals surface area contributed by atoms with Crippen LogP contribution in [-0.4, -0.2) is 29.0 Å². The zero-order valence-electron chi connectivity index (χ0n) is 17.1. The number of anilines is 1. The van der Waals surface area contributed by atoms with Crippen molar-refractivity contribution in [1.82, 2.24) is 0 Å². The molecule has 0 bridgehead atoms. The molecule has 3 aliphatic rings. The van der Waals surface area contributed by atoms with Gasteiger partial charge < -0.3 is 4.74 Å². The molecule has 0 saturated carbocycles. The number of fused-ring (bicyclic) bond motifs is 3. The second kappa shape index (κ2) is 6.94. The SMILES string of the molecule is O=C1[C@H]2[C@@H](C(=O)N1c1ccc(Cl)cc1)C1(O[C@H]2c2ccccc2)C(=O)c2ccccc2C1=O. The molecule has 3 aromatic carbocycles. The molecule has 2 amide bonds. The number of Topliss-reactive ketones (excluding diaryl/α,β-unsaturated/α-hetero) is 2. The number of carbonyl (C=O) groups is 4. The highest BCUT2D eigenvalue weighted by molar-refractivity contribution is 6.37. The van der Waals surface area contributed by atoms with Gasteiger partial charge in [-0.05, 0) is 29.8 Å². The van der Waals surface area contributed by atoms with Gasteiger partial charge in [0.1, 0.15) is 0 Å². The molecule has 2 aliphatic heterocycles. The molecule has 6 nitrogen and oxygen atoms in total. The van der Waals surface area contributed by atoms with Gasteiger partial charge in [-0.25, -0.2) is 4.90 Å². The van der Waals surface area contributed by atoms with Crippen molar-refractivity contribution in [3.05, 3.63) is 101 Å². The molecule has 1 aliphatic carbocycles. The molecule has 0 aromatic heterocycles. The van der Waals surface area contributed by atoms with Crippen LogP contribution in [0.3, 0.4) is 0 Å². The molecule has 6 rings (SSSR count). The molecule has 1 spiro atoms. The van der Waals surface area contributed by atoms with E-state index in [4.69, 9.17) is 16.3 Å². The lowest BCUT2D eigenvalue weighted by Gasteiger charge is -2.27. The highest BCUT2D eigenvalue weighted by Crippen LogP contribution is 2.57. The minimum Gasteiger partial charge on any atom is -0.349 e. The number of halogens is 1. The smallest absolute Gasteiger partial charge is 0.241 e. The predicted molar refractivity (Wildman–Crippen MR) is 119 cm³/mol. The fraction of sp³-hybridized carbons (Fsp3) is 0.154. The summed E-state index contributed by atoms with van der Waals surface area (Å²) < 4.78 is 6.23. The second-order valence-corrected chi connectivity index (χ2v) is 8.82. The Balaban J connectivity index is 1.55. The Labute approximate surface area is 193 Å². The first-order valence-corrected chi connectivity index (χ1v) is 10.9. The Kier molecular flexibility index (Phi) is 4.21. The highest BCUT2D eigenvalue weighted by Gasteiger charge is 2.74. The highest BCUT2D eigenvalue weighted by atomic mass is 35.5. The predicted octanol–water partition coefficient (Wildman–Crippen LogP) is 4.04. The number of carbonyl (C=O) groups excluding carboxylic acids is 4. The maximum Gasteiger partial charge on any atom is 0.241 e. The van der Waals surface area contributed by atoms with E-state index in [1.54, 1.807) is 72.8 Å². The number of hydrogen-bond acceptors (Lipinski definition) is 5. The van der Waals surface area contributed by atoms with Gasteiger partial charge in [0.05, 0.1) is 23.6 Å². The third-order valence-electron chi connectivity index (χ3n) is 6.73. The van der Waals surface area contributed by atoms with E-state index in [1.165, 1.54) is 0 Å². The van der Waals surface area contributed by atoms with Crippen molar-refractivity contribution in [2.24, 2.45) is 11.8 Å². The molecule has 3 atom stereocenters. The fourth-order valence-electron chi connectivity index (χ4n) is 5.31. The van der Waals surface area contributed by atoms with Crippen LogP contribution < -0.4 is 4.90 Å². The summed E-state index contributed by atoms with van der Waals surface area (Å²) in [6.07, 6.45) is -0.924. The number of benzene rings is 3. The van der Waals surface area contributed by atoms with Crippen LogP contribution in [0.5, 0.6) is 0 Å². The summed E-state index contributed by atoms with van der Waals surface area (Å²) in [5.74, 6) is -4.56.